The number of benzene rings is 1. The van der Waals surface area contributed by atoms with Crippen LogP contribution >= 0.6 is 0 Å². The van der Waals surface area contributed by atoms with Crippen molar-refractivity contribution >= 4 is 29.0 Å². The fourth-order valence-electron chi connectivity index (χ4n) is 4.68. The van der Waals surface area contributed by atoms with E-state index in [0.29, 0.717) is 29.9 Å². The Morgan fingerprint density at radius 3 is 2.51 bits per heavy atom. The van der Waals surface area contributed by atoms with Gasteiger partial charge in [-0.1, -0.05) is 12.1 Å². The number of aromatic nitrogens is 2. The third kappa shape index (κ3) is 5.82. The number of hydrogen-bond acceptors (Lipinski definition) is 5. The van der Waals surface area contributed by atoms with Crippen molar-refractivity contribution in [2.45, 2.75) is 38.3 Å². The van der Waals surface area contributed by atoms with Crippen LogP contribution in [0.1, 0.15) is 59.5 Å². The molecule has 0 radical (unpaired) electrons. The summed E-state index contributed by atoms with van der Waals surface area (Å²) in [4.78, 5) is 45.4. The molecule has 2 aliphatic heterocycles. The number of alkyl halides is 3. The summed E-state index contributed by atoms with van der Waals surface area (Å²) in [7, 11) is 0. The molecule has 0 unspecified atom stereocenters. The molecule has 0 spiro atoms. The summed E-state index contributed by atoms with van der Waals surface area (Å²) in [5, 5.41) is 11.7. The van der Waals surface area contributed by atoms with Gasteiger partial charge in [0.15, 0.2) is 5.82 Å². The van der Waals surface area contributed by atoms with Gasteiger partial charge in [-0.25, -0.2) is 4.98 Å². The average Bonchev–Trinajstić information content (AvgIpc) is 3.38. The minimum atomic E-state index is -4.98. The summed E-state index contributed by atoms with van der Waals surface area (Å²) in [5.41, 5.74) is 2.37. The van der Waals surface area contributed by atoms with Crippen LogP contribution in [-0.2, 0) is 9.59 Å². The Morgan fingerprint density at radius 2 is 1.89 bits per heavy atom. The molecule has 37 heavy (non-hydrogen) atoms. The van der Waals surface area contributed by atoms with Crippen molar-refractivity contribution in [1.82, 2.24) is 19.8 Å². The first-order chi connectivity index (χ1) is 17.6. The van der Waals surface area contributed by atoms with Gasteiger partial charge in [-0.15, -0.1) is 0 Å². The Bertz CT molecular complexity index is 1290. The van der Waals surface area contributed by atoms with E-state index < -0.39 is 18.0 Å². The van der Waals surface area contributed by atoms with Crippen LogP contribution < -0.4 is 5.32 Å². The van der Waals surface area contributed by atoms with Crippen LogP contribution in [0, 0.1) is 11.3 Å². The van der Waals surface area contributed by atoms with Gasteiger partial charge in [-0.2, -0.15) is 18.4 Å². The second-order valence-corrected chi connectivity index (χ2v) is 9.04. The summed E-state index contributed by atoms with van der Waals surface area (Å²) in [5.74, 6) is -2.48. The molecule has 0 saturated carbocycles. The van der Waals surface area contributed by atoms with Crippen molar-refractivity contribution in [3.8, 4) is 6.07 Å². The van der Waals surface area contributed by atoms with Gasteiger partial charge in [0, 0.05) is 44.4 Å². The summed E-state index contributed by atoms with van der Waals surface area (Å²) < 4.78 is 39.3. The van der Waals surface area contributed by atoms with Crippen molar-refractivity contribution in [2.24, 2.45) is 0 Å². The molecule has 1 aromatic carbocycles. The fraction of sp³-hybridized carbons (Fsp3) is 0.400. The maximum Gasteiger partial charge on any atom is 0.471 e. The summed E-state index contributed by atoms with van der Waals surface area (Å²) >= 11 is 0. The zero-order valence-corrected chi connectivity index (χ0v) is 20.1. The maximum absolute atomic E-state index is 13.1. The maximum atomic E-state index is 13.1. The number of halogens is 3. The molecule has 12 heteroatoms. The number of nitrogens with zero attached hydrogens (tertiary/aromatic N) is 4. The van der Waals surface area contributed by atoms with E-state index in [1.54, 1.807) is 17.0 Å². The number of piperidine rings is 1. The van der Waals surface area contributed by atoms with E-state index in [9.17, 15) is 27.6 Å². The molecule has 3 heterocycles. The molecule has 2 N–H and O–H groups in total. The lowest BCUT2D eigenvalue weighted by atomic mass is 9.86. The minimum absolute atomic E-state index is 0.0106. The zero-order chi connectivity index (χ0) is 26.7. The van der Waals surface area contributed by atoms with Crippen LogP contribution in [0.5, 0.6) is 0 Å². The first-order valence-electron chi connectivity index (χ1n) is 11.8. The lowest BCUT2D eigenvalue weighted by molar-refractivity contribution is -0.184. The molecule has 1 fully saturated rings. The SMILES string of the molecule is CC(=O)N1CCC(c2ccc(NC(=O)c3ncc(C#N)[nH]3)c(C3=CCCN(C(=O)C(F)(F)F)C3)c2)CC1. The van der Waals surface area contributed by atoms with Crippen molar-refractivity contribution in [1.29, 1.82) is 5.26 Å². The van der Waals surface area contributed by atoms with Gasteiger partial charge in [-0.3, -0.25) is 14.4 Å². The van der Waals surface area contributed by atoms with Crippen LogP contribution in [0.3, 0.4) is 0 Å². The molecule has 4 rings (SSSR count). The van der Waals surface area contributed by atoms with Crippen LogP contribution in [0.25, 0.3) is 5.57 Å². The highest BCUT2D eigenvalue weighted by molar-refractivity contribution is 6.03. The van der Waals surface area contributed by atoms with E-state index in [0.717, 1.165) is 23.3 Å². The van der Waals surface area contributed by atoms with E-state index in [4.69, 9.17) is 5.26 Å². The summed E-state index contributed by atoms with van der Waals surface area (Å²) in [6, 6.07) is 7.21. The topological polar surface area (TPSA) is 122 Å². The van der Waals surface area contributed by atoms with Crippen LogP contribution in [0.4, 0.5) is 18.9 Å². The molecular formula is C25H25F3N6O3. The van der Waals surface area contributed by atoms with Gasteiger partial charge in [-0.05, 0) is 48.4 Å². The van der Waals surface area contributed by atoms with Crippen molar-refractivity contribution in [2.75, 3.05) is 31.5 Å². The highest BCUT2D eigenvalue weighted by Crippen LogP contribution is 2.35. The number of nitrogens with one attached hydrogen (secondary N) is 2. The average molecular weight is 515 g/mol. The number of carbonyl (C=O) groups is 3. The van der Waals surface area contributed by atoms with Crippen LogP contribution in [0.15, 0.2) is 30.5 Å². The quantitative estimate of drug-likeness (QED) is 0.647. The molecule has 0 aliphatic carbocycles. The standard InChI is InChI=1S/C25H25F3N6O3/c1-15(35)33-9-6-16(7-10-33)17-4-5-21(32-23(36)22-30-13-19(12-29)31-22)20(11-17)18-3-2-8-34(14-18)24(37)25(26,27)28/h3-5,11,13,16H,2,6-10,14H2,1H3,(H,30,31)(H,32,36). The number of nitriles is 1. The van der Waals surface area contributed by atoms with Gasteiger partial charge in [0.1, 0.15) is 11.8 Å². The number of aromatic amines is 1. The number of carbonyl (C=O) groups excluding carboxylic acids is 3. The largest absolute Gasteiger partial charge is 0.471 e. The summed E-state index contributed by atoms with van der Waals surface area (Å²) in [6.07, 6.45) is -0.304. The Hall–Kier alpha value is -4.14. The third-order valence-corrected chi connectivity index (χ3v) is 6.64. The monoisotopic (exact) mass is 514 g/mol. The normalized spacial score (nSPS) is 16.7. The first-order valence-corrected chi connectivity index (χ1v) is 11.8. The molecule has 1 saturated heterocycles. The number of amides is 3. The Morgan fingerprint density at radius 1 is 1.16 bits per heavy atom. The van der Waals surface area contributed by atoms with Crippen LogP contribution in [-0.4, -0.2) is 69.8 Å². The molecule has 2 aliphatic rings. The Kier molecular flexibility index (Phi) is 7.33. The number of rotatable bonds is 4. The van der Waals surface area contributed by atoms with Crippen LogP contribution in [0.2, 0.25) is 0 Å². The van der Waals surface area contributed by atoms with Crippen molar-refractivity contribution < 1.29 is 27.6 Å². The van der Waals surface area contributed by atoms with Gasteiger partial charge in [0.05, 0.1) is 6.20 Å². The minimum Gasteiger partial charge on any atom is -0.343 e. The first kappa shape index (κ1) is 25.9. The van der Waals surface area contributed by atoms with E-state index in [-0.39, 0.29) is 42.9 Å². The number of imidazole rings is 1. The predicted molar refractivity (Wildman–Crippen MR) is 127 cm³/mol. The molecular weight excluding hydrogens is 489 g/mol. The Labute approximate surface area is 210 Å². The van der Waals surface area contributed by atoms with Gasteiger partial charge < -0.3 is 20.1 Å². The van der Waals surface area contributed by atoms with Crippen molar-refractivity contribution in [3.05, 3.63) is 53.1 Å². The number of anilines is 1. The smallest absolute Gasteiger partial charge is 0.343 e. The van der Waals surface area contributed by atoms with Gasteiger partial charge in [0.2, 0.25) is 5.91 Å². The second kappa shape index (κ2) is 10.5. The number of hydrogen-bond donors (Lipinski definition) is 2. The molecule has 1 aromatic heterocycles. The molecule has 0 bridgehead atoms. The van der Waals surface area contributed by atoms with Crippen molar-refractivity contribution in [3.63, 3.8) is 0 Å². The van der Waals surface area contributed by atoms with E-state index >= 15 is 0 Å². The number of likely N-dealkylation sites (tertiary alicyclic amines) is 1. The molecule has 0 atom stereocenters. The molecule has 9 nitrogen and oxygen atoms in total. The lowest BCUT2D eigenvalue weighted by Gasteiger charge is -2.32. The predicted octanol–water partition coefficient (Wildman–Crippen LogP) is 3.44. The summed E-state index contributed by atoms with van der Waals surface area (Å²) in [6.45, 7) is 2.41. The fourth-order valence-corrected chi connectivity index (χ4v) is 4.68. The van der Waals surface area contributed by atoms with E-state index in [1.807, 2.05) is 18.2 Å². The molecule has 2 aromatic rings. The second-order valence-electron chi connectivity index (χ2n) is 9.04. The van der Waals surface area contributed by atoms with E-state index in [1.165, 1.54) is 13.1 Å². The molecule has 194 valence electrons. The highest BCUT2D eigenvalue weighted by Gasteiger charge is 2.43. The number of H-pyrrole nitrogens is 1. The van der Waals surface area contributed by atoms with Gasteiger partial charge in [0.25, 0.3) is 5.91 Å². The highest BCUT2D eigenvalue weighted by atomic mass is 19.4. The van der Waals surface area contributed by atoms with Gasteiger partial charge >= 0.3 is 12.1 Å². The van der Waals surface area contributed by atoms with E-state index in [2.05, 4.69) is 15.3 Å². The Balaban J connectivity index is 1.64. The lowest BCUT2D eigenvalue weighted by Crippen LogP contribution is -2.43. The third-order valence-electron chi connectivity index (χ3n) is 6.64. The molecule has 3 amide bonds. The zero-order valence-electron chi connectivity index (χ0n) is 20.1.